The summed E-state index contributed by atoms with van der Waals surface area (Å²) >= 11 is 0. The first-order chi connectivity index (χ1) is 14.0. The highest BCUT2D eigenvalue weighted by atomic mass is 127. The number of rotatable bonds is 7. The van der Waals surface area contributed by atoms with Crippen LogP contribution >= 0.6 is 24.0 Å². The molecule has 2 aromatic rings. The molecule has 1 aliphatic heterocycles. The van der Waals surface area contributed by atoms with Gasteiger partial charge in [-0.1, -0.05) is 0 Å². The van der Waals surface area contributed by atoms with Gasteiger partial charge in [0.15, 0.2) is 5.96 Å². The lowest BCUT2D eigenvalue weighted by Gasteiger charge is -2.36. The molecule has 1 fully saturated rings. The highest BCUT2D eigenvalue weighted by Gasteiger charge is 2.17. The van der Waals surface area contributed by atoms with E-state index in [4.69, 9.17) is 4.42 Å². The number of aliphatic imine (C=N–C) groups is 1. The predicted octanol–water partition coefficient (Wildman–Crippen LogP) is 2.93. The van der Waals surface area contributed by atoms with Crippen molar-refractivity contribution >= 4 is 35.6 Å². The van der Waals surface area contributed by atoms with Gasteiger partial charge in [-0.2, -0.15) is 0 Å². The molecule has 0 radical (unpaired) electrons. The third kappa shape index (κ3) is 7.12. The largest absolute Gasteiger partial charge is 0.444 e. The molecule has 3 rings (SSSR count). The summed E-state index contributed by atoms with van der Waals surface area (Å²) in [5, 5.41) is 6.64. The Balaban J connectivity index is 0.00000320. The lowest BCUT2D eigenvalue weighted by Crippen LogP contribution is -2.49. The van der Waals surface area contributed by atoms with Crippen molar-refractivity contribution in [3.63, 3.8) is 0 Å². The summed E-state index contributed by atoms with van der Waals surface area (Å²) in [5.74, 6) is 2.05. The first-order valence-electron chi connectivity index (χ1n) is 10.2. The molecule has 2 N–H and O–H groups in total. The van der Waals surface area contributed by atoms with Crippen LogP contribution in [0, 0.1) is 19.7 Å². The number of oxazole rings is 1. The SMILES string of the molecule is CCNC(=NCc1nc(C)c(C)o1)NCCN1CCN(c2ccc(F)cc2)CC1.I. The topological polar surface area (TPSA) is 68.9 Å². The molecule has 0 unspecified atom stereocenters. The number of hydrogen-bond donors (Lipinski definition) is 2. The van der Waals surface area contributed by atoms with E-state index in [9.17, 15) is 4.39 Å². The van der Waals surface area contributed by atoms with E-state index in [0.717, 1.165) is 68.9 Å². The van der Waals surface area contributed by atoms with E-state index < -0.39 is 0 Å². The Morgan fingerprint density at radius 2 is 1.83 bits per heavy atom. The average molecular weight is 530 g/mol. The molecule has 0 amide bonds. The number of nitrogens with zero attached hydrogens (tertiary/aromatic N) is 4. The number of guanidine groups is 1. The number of anilines is 1. The Morgan fingerprint density at radius 3 is 2.43 bits per heavy atom. The molecule has 0 spiro atoms. The first-order valence-corrected chi connectivity index (χ1v) is 10.2. The van der Waals surface area contributed by atoms with E-state index in [-0.39, 0.29) is 29.8 Å². The molecule has 9 heteroatoms. The number of nitrogens with one attached hydrogen (secondary N) is 2. The van der Waals surface area contributed by atoms with Gasteiger partial charge < -0.3 is 20.0 Å². The minimum atomic E-state index is -0.190. The van der Waals surface area contributed by atoms with Crippen molar-refractivity contribution < 1.29 is 8.81 Å². The summed E-state index contributed by atoms with van der Waals surface area (Å²) in [6, 6.07) is 6.74. The molecule has 1 aliphatic rings. The van der Waals surface area contributed by atoms with Crippen LogP contribution in [0.4, 0.5) is 10.1 Å². The van der Waals surface area contributed by atoms with Crippen LogP contribution < -0.4 is 15.5 Å². The minimum absolute atomic E-state index is 0. The molecule has 0 aliphatic carbocycles. The molecule has 0 bridgehead atoms. The summed E-state index contributed by atoms with van der Waals surface area (Å²) in [6.07, 6.45) is 0. The van der Waals surface area contributed by atoms with Gasteiger partial charge in [0.05, 0.1) is 5.69 Å². The fourth-order valence-corrected chi connectivity index (χ4v) is 3.31. The zero-order valence-corrected chi connectivity index (χ0v) is 20.3. The van der Waals surface area contributed by atoms with Gasteiger partial charge in [0.2, 0.25) is 5.89 Å². The van der Waals surface area contributed by atoms with E-state index >= 15 is 0 Å². The molecule has 1 saturated heterocycles. The second-order valence-corrected chi connectivity index (χ2v) is 7.18. The second kappa shape index (κ2) is 12.1. The van der Waals surface area contributed by atoms with Gasteiger partial charge in [-0.3, -0.25) is 4.90 Å². The Kier molecular flexibility index (Phi) is 9.83. The van der Waals surface area contributed by atoms with Crippen molar-refractivity contribution in [1.82, 2.24) is 20.5 Å². The summed E-state index contributed by atoms with van der Waals surface area (Å²) in [4.78, 5) is 13.7. The quantitative estimate of drug-likeness (QED) is 0.326. The molecular formula is C21H32FIN6O. The lowest BCUT2D eigenvalue weighted by molar-refractivity contribution is 0.261. The van der Waals surface area contributed by atoms with Crippen LogP contribution in [-0.4, -0.2) is 61.7 Å². The summed E-state index contributed by atoms with van der Waals surface area (Å²) in [6.45, 7) is 12.7. The van der Waals surface area contributed by atoms with Crippen LogP contribution in [0.5, 0.6) is 0 Å². The number of halogens is 2. The van der Waals surface area contributed by atoms with Crippen LogP contribution in [0.25, 0.3) is 0 Å². The Morgan fingerprint density at radius 1 is 1.13 bits per heavy atom. The molecule has 0 atom stereocenters. The van der Waals surface area contributed by atoms with Gasteiger partial charge in [-0.05, 0) is 45.0 Å². The van der Waals surface area contributed by atoms with E-state index in [0.29, 0.717) is 12.4 Å². The van der Waals surface area contributed by atoms with E-state index in [1.54, 1.807) is 0 Å². The number of hydrogen-bond acceptors (Lipinski definition) is 5. The van der Waals surface area contributed by atoms with Gasteiger partial charge in [-0.15, -0.1) is 24.0 Å². The van der Waals surface area contributed by atoms with E-state index in [1.807, 2.05) is 32.9 Å². The van der Waals surface area contributed by atoms with Crippen LogP contribution in [0.2, 0.25) is 0 Å². The van der Waals surface area contributed by atoms with Crippen molar-refractivity contribution in [3.8, 4) is 0 Å². The average Bonchev–Trinajstić information content (AvgIpc) is 3.05. The summed E-state index contributed by atoms with van der Waals surface area (Å²) in [7, 11) is 0. The maximum Gasteiger partial charge on any atom is 0.216 e. The highest BCUT2D eigenvalue weighted by molar-refractivity contribution is 14.0. The minimum Gasteiger partial charge on any atom is -0.444 e. The second-order valence-electron chi connectivity index (χ2n) is 7.18. The molecule has 30 heavy (non-hydrogen) atoms. The van der Waals surface area contributed by atoms with E-state index in [1.165, 1.54) is 12.1 Å². The third-order valence-corrected chi connectivity index (χ3v) is 5.07. The van der Waals surface area contributed by atoms with Gasteiger partial charge >= 0.3 is 0 Å². The fourth-order valence-electron chi connectivity index (χ4n) is 3.31. The standard InChI is InChI=1S/C21H31FN6O.HI/c1-4-23-21(25-15-20-26-16(2)17(3)29-20)24-9-10-27-11-13-28(14-12-27)19-7-5-18(22)6-8-19;/h5-8H,4,9-15H2,1-3H3,(H2,23,24,25);1H. The van der Waals surface area contributed by atoms with Gasteiger partial charge in [0.1, 0.15) is 18.1 Å². The number of aryl methyl sites for hydroxylation is 2. The van der Waals surface area contributed by atoms with Gasteiger partial charge in [0.25, 0.3) is 0 Å². The molecule has 2 heterocycles. The molecule has 166 valence electrons. The first kappa shape index (κ1) is 24.4. The molecule has 7 nitrogen and oxygen atoms in total. The Hall–Kier alpha value is -1.88. The number of piperazine rings is 1. The normalized spacial score (nSPS) is 15.1. The van der Waals surface area contributed by atoms with Crippen LogP contribution in [0.15, 0.2) is 33.7 Å². The maximum absolute atomic E-state index is 13.1. The van der Waals surface area contributed by atoms with Crippen LogP contribution in [-0.2, 0) is 6.54 Å². The predicted molar refractivity (Wildman–Crippen MR) is 129 cm³/mol. The fraction of sp³-hybridized carbons (Fsp3) is 0.524. The smallest absolute Gasteiger partial charge is 0.216 e. The van der Waals surface area contributed by atoms with Crippen molar-refractivity contribution in [2.24, 2.45) is 4.99 Å². The van der Waals surface area contributed by atoms with Crippen molar-refractivity contribution in [1.29, 1.82) is 0 Å². The molecular weight excluding hydrogens is 498 g/mol. The van der Waals surface area contributed by atoms with Gasteiger partial charge in [-0.25, -0.2) is 14.4 Å². The van der Waals surface area contributed by atoms with Gasteiger partial charge in [0, 0.05) is 51.5 Å². The van der Waals surface area contributed by atoms with Crippen molar-refractivity contribution in [2.75, 3.05) is 50.7 Å². The van der Waals surface area contributed by atoms with E-state index in [2.05, 4.69) is 30.4 Å². The summed E-state index contributed by atoms with van der Waals surface area (Å²) in [5.41, 5.74) is 2.00. The maximum atomic E-state index is 13.1. The summed E-state index contributed by atoms with van der Waals surface area (Å²) < 4.78 is 18.7. The monoisotopic (exact) mass is 530 g/mol. The zero-order valence-electron chi connectivity index (χ0n) is 17.9. The van der Waals surface area contributed by atoms with Crippen LogP contribution in [0.3, 0.4) is 0 Å². The number of benzene rings is 1. The Labute approximate surface area is 195 Å². The molecule has 0 saturated carbocycles. The van der Waals surface area contributed by atoms with Crippen molar-refractivity contribution in [2.45, 2.75) is 27.3 Å². The van der Waals surface area contributed by atoms with Crippen LogP contribution in [0.1, 0.15) is 24.3 Å². The zero-order chi connectivity index (χ0) is 20.6. The highest BCUT2D eigenvalue weighted by Crippen LogP contribution is 2.16. The molecule has 1 aromatic carbocycles. The van der Waals surface area contributed by atoms with Crippen molar-refractivity contribution in [3.05, 3.63) is 47.4 Å². The Bertz CT molecular complexity index is 783. The lowest BCUT2D eigenvalue weighted by atomic mass is 10.2. The number of aromatic nitrogens is 1. The third-order valence-electron chi connectivity index (χ3n) is 5.07. The molecule has 1 aromatic heterocycles.